The number of carbonyl (C=O) groups is 3. The number of carbonyl (C=O) groups excluding carboxylic acids is 3. The molecule has 7 heteroatoms. The number of fused-ring (bicyclic) bond motifs is 1. The maximum Gasteiger partial charge on any atom is 0.318 e. The molecule has 1 heterocycles. The maximum absolute atomic E-state index is 13.3. The third kappa shape index (κ3) is 3.78. The van der Waals surface area contributed by atoms with Gasteiger partial charge in [0.15, 0.2) is 0 Å². The van der Waals surface area contributed by atoms with Gasteiger partial charge in [0.2, 0.25) is 11.6 Å². The number of rotatable bonds is 4. The lowest BCUT2D eigenvalue weighted by molar-refractivity contribution is 0.0935. The van der Waals surface area contributed by atoms with Crippen LogP contribution in [0.1, 0.15) is 40.0 Å². The van der Waals surface area contributed by atoms with E-state index in [4.69, 9.17) is 0 Å². The zero-order valence-electron chi connectivity index (χ0n) is 16.8. The summed E-state index contributed by atoms with van der Waals surface area (Å²) in [5.41, 5.74) is 2.94. The topological polar surface area (TPSA) is 90.5 Å². The molecule has 7 nitrogen and oxygen atoms in total. The number of nitrogens with one attached hydrogen (secondary N) is 3. The molecule has 2 aromatic rings. The highest BCUT2D eigenvalue weighted by Gasteiger charge is 2.35. The van der Waals surface area contributed by atoms with Gasteiger partial charge in [0, 0.05) is 42.6 Å². The number of anilines is 2. The summed E-state index contributed by atoms with van der Waals surface area (Å²) in [5.74, 6) is -0.300. The van der Waals surface area contributed by atoms with Gasteiger partial charge < -0.3 is 20.9 Å². The van der Waals surface area contributed by atoms with E-state index in [1.165, 1.54) is 0 Å². The number of ketones is 2. The monoisotopic (exact) mass is 404 g/mol. The van der Waals surface area contributed by atoms with Gasteiger partial charge in [-0.2, -0.15) is 0 Å². The first-order valence-corrected chi connectivity index (χ1v) is 10.1. The molecule has 30 heavy (non-hydrogen) atoms. The Bertz CT molecular complexity index is 1020. The highest BCUT2D eigenvalue weighted by atomic mass is 16.2. The summed E-state index contributed by atoms with van der Waals surface area (Å²) in [6.07, 6.45) is 3.13. The van der Waals surface area contributed by atoms with E-state index in [1.807, 2.05) is 4.90 Å². The van der Waals surface area contributed by atoms with Gasteiger partial charge in [-0.1, -0.05) is 24.3 Å². The fraction of sp³-hybridized carbons (Fsp3) is 0.261. The standard InChI is InChI=1S/C23H24N4O3/c1-24-23(30)26-16-11-9-15(10-12-16)25-19-20(27-13-5-2-6-14-27)22(29)18-8-4-3-7-17(18)21(19)28/h3-4,7-12,25H,2,5-6,13-14H2,1H3,(H2,24,26,30). The van der Waals surface area contributed by atoms with Gasteiger partial charge in [0.25, 0.3) is 0 Å². The van der Waals surface area contributed by atoms with E-state index < -0.39 is 0 Å². The van der Waals surface area contributed by atoms with Crippen LogP contribution in [0, 0.1) is 0 Å². The molecule has 0 radical (unpaired) electrons. The van der Waals surface area contributed by atoms with Gasteiger partial charge in [-0.15, -0.1) is 0 Å². The molecule has 2 aromatic carbocycles. The molecular formula is C23H24N4O3. The maximum atomic E-state index is 13.3. The Labute approximate surface area is 175 Å². The minimum atomic E-state index is -0.310. The van der Waals surface area contributed by atoms with Crippen LogP contribution in [0.25, 0.3) is 0 Å². The van der Waals surface area contributed by atoms with Crippen molar-refractivity contribution in [3.8, 4) is 0 Å². The zero-order valence-corrected chi connectivity index (χ0v) is 16.8. The van der Waals surface area contributed by atoms with E-state index in [2.05, 4.69) is 16.0 Å². The number of likely N-dealkylation sites (tertiary alicyclic amines) is 1. The van der Waals surface area contributed by atoms with E-state index in [0.29, 0.717) is 33.9 Å². The first kappa shape index (κ1) is 19.7. The number of piperidine rings is 1. The van der Waals surface area contributed by atoms with Crippen molar-refractivity contribution in [1.82, 2.24) is 10.2 Å². The van der Waals surface area contributed by atoms with Crippen LogP contribution >= 0.6 is 0 Å². The van der Waals surface area contributed by atoms with Crippen molar-refractivity contribution >= 4 is 29.0 Å². The number of amides is 2. The smallest absolute Gasteiger partial charge is 0.318 e. The molecule has 0 atom stereocenters. The van der Waals surface area contributed by atoms with Crippen molar-refractivity contribution in [2.24, 2.45) is 0 Å². The average Bonchev–Trinajstić information content (AvgIpc) is 2.79. The van der Waals surface area contributed by atoms with Crippen molar-refractivity contribution in [3.05, 3.63) is 71.1 Å². The second-order valence-corrected chi connectivity index (χ2v) is 7.38. The number of allylic oxidation sites excluding steroid dienone is 2. The van der Waals surface area contributed by atoms with Gasteiger partial charge in [-0.05, 0) is 43.5 Å². The van der Waals surface area contributed by atoms with E-state index >= 15 is 0 Å². The number of urea groups is 1. The summed E-state index contributed by atoms with van der Waals surface area (Å²) in [7, 11) is 1.55. The second kappa shape index (κ2) is 8.41. The largest absolute Gasteiger partial charge is 0.367 e. The molecule has 154 valence electrons. The van der Waals surface area contributed by atoms with Crippen molar-refractivity contribution in [2.45, 2.75) is 19.3 Å². The molecule has 3 N–H and O–H groups in total. The van der Waals surface area contributed by atoms with E-state index in [9.17, 15) is 14.4 Å². The predicted octanol–water partition coefficient (Wildman–Crippen LogP) is 3.63. The molecule has 1 saturated heterocycles. The third-order valence-electron chi connectivity index (χ3n) is 5.41. The van der Waals surface area contributed by atoms with E-state index in [1.54, 1.807) is 55.6 Å². The number of hydrogen-bond donors (Lipinski definition) is 3. The molecule has 0 spiro atoms. The highest BCUT2D eigenvalue weighted by Crippen LogP contribution is 2.31. The fourth-order valence-electron chi connectivity index (χ4n) is 3.87. The number of Topliss-reactive ketones (excluding diaryl/α,β-unsaturated/α-hetero) is 2. The molecular weight excluding hydrogens is 380 g/mol. The average molecular weight is 404 g/mol. The van der Waals surface area contributed by atoms with Crippen LogP contribution < -0.4 is 16.0 Å². The Morgan fingerprint density at radius 1 is 0.833 bits per heavy atom. The quantitative estimate of drug-likeness (QED) is 0.724. The number of hydrogen-bond acceptors (Lipinski definition) is 5. The predicted molar refractivity (Wildman–Crippen MR) is 116 cm³/mol. The molecule has 4 rings (SSSR count). The van der Waals surface area contributed by atoms with E-state index in [-0.39, 0.29) is 17.6 Å². The van der Waals surface area contributed by atoms with Crippen molar-refractivity contribution in [2.75, 3.05) is 30.8 Å². The summed E-state index contributed by atoms with van der Waals surface area (Å²) in [6.45, 7) is 1.52. The Morgan fingerprint density at radius 2 is 1.43 bits per heavy atom. The summed E-state index contributed by atoms with van der Waals surface area (Å²) < 4.78 is 0. The minimum Gasteiger partial charge on any atom is -0.367 e. The number of nitrogens with zero attached hydrogens (tertiary/aromatic N) is 1. The lowest BCUT2D eigenvalue weighted by Gasteiger charge is -2.34. The summed E-state index contributed by atoms with van der Waals surface area (Å²) in [4.78, 5) is 40.1. The third-order valence-corrected chi connectivity index (χ3v) is 5.41. The summed E-state index contributed by atoms with van der Waals surface area (Å²) in [6, 6.07) is 13.7. The molecule has 2 amide bonds. The van der Waals surface area contributed by atoms with Crippen LogP contribution in [0.5, 0.6) is 0 Å². The summed E-state index contributed by atoms with van der Waals surface area (Å²) in [5, 5.41) is 8.37. The molecule has 0 aromatic heterocycles. The normalized spacial score (nSPS) is 16.2. The fourth-order valence-corrected chi connectivity index (χ4v) is 3.87. The van der Waals surface area contributed by atoms with Crippen LogP contribution in [0.3, 0.4) is 0 Å². The van der Waals surface area contributed by atoms with Crippen molar-refractivity contribution < 1.29 is 14.4 Å². The van der Waals surface area contributed by atoms with Crippen LogP contribution in [-0.2, 0) is 0 Å². The zero-order chi connectivity index (χ0) is 21.1. The van der Waals surface area contributed by atoms with Gasteiger partial charge in [0.05, 0.1) is 0 Å². The molecule has 1 fully saturated rings. The molecule has 0 unspecified atom stereocenters. The molecule has 0 bridgehead atoms. The van der Waals surface area contributed by atoms with Gasteiger partial charge in [-0.3, -0.25) is 9.59 Å². The Hall–Kier alpha value is -3.61. The summed E-state index contributed by atoms with van der Waals surface area (Å²) >= 11 is 0. The first-order chi connectivity index (χ1) is 14.6. The lowest BCUT2D eigenvalue weighted by atomic mass is 9.89. The Kier molecular flexibility index (Phi) is 5.52. The van der Waals surface area contributed by atoms with Crippen LogP contribution in [0.4, 0.5) is 16.2 Å². The van der Waals surface area contributed by atoms with Crippen LogP contribution in [-0.4, -0.2) is 42.6 Å². The van der Waals surface area contributed by atoms with Crippen molar-refractivity contribution in [1.29, 1.82) is 0 Å². The Balaban J connectivity index is 1.69. The SMILES string of the molecule is CNC(=O)Nc1ccc(NC2=C(N3CCCCC3)C(=O)c3ccccc3C2=O)cc1. The van der Waals surface area contributed by atoms with Gasteiger partial charge >= 0.3 is 6.03 Å². The van der Waals surface area contributed by atoms with Crippen molar-refractivity contribution in [3.63, 3.8) is 0 Å². The van der Waals surface area contributed by atoms with E-state index in [0.717, 1.165) is 32.4 Å². The molecule has 1 aliphatic heterocycles. The lowest BCUT2D eigenvalue weighted by Crippen LogP contribution is -2.39. The Morgan fingerprint density at radius 3 is 2.07 bits per heavy atom. The highest BCUT2D eigenvalue weighted by molar-refractivity contribution is 6.27. The second-order valence-electron chi connectivity index (χ2n) is 7.38. The van der Waals surface area contributed by atoms with Gasteiger partial charge in [-0.25, -0.2) is 4.79 Å². The first-order valence-electron chi connectivity index (χ1n) is 10.1. The van der Waals surface area contributed by atoms with Crippen LogP contribution in [0.2, 0.25) is 0 Å². The van der Waals surface area contributed by atoms with Crippen LogP contribution in [0.15, 0.2) is 59.9 Å². The molecule has 1 aliphatic carbocycles. The number of benzene rings is 2. The molecule has 0 saturated carbocycles. The van der Waals surface area contributed by atoms with Gasteiger partial charge in [0.1, 0.15) is 11.4 Å². The minimum absolute atomic E-state index is 0.118. The molecule has 2 aliphatic rings.